The fraction of sp³-hybridized carbons (Fsp3) is 0.462. The average molecular weight is 237 g/mol. The molecule has 0 saturated heterocycles. The van der Waals surface area contributed by atoms with Gasteiger partial charge in [-0.2, -0.15) is 0 Å². The number of hydrogen-bond acceptors (Lipinski definition) is 3. The first kappa shape index (κ1) is 13.7. The SMILES string of the molecule is COC(C)(C)C(=O)Nc1cccc(C(C)O)c1. The number of aliphatic hydroxyl groups excluding tert-OH is 1. The van der Waals surface area contributed by atoms with Crippen molar-refractivity contribution in [1.82, 2.24) is 0 Å². The number of methoxy groups -OCH3 is 1. The van der Waals surface area contributed by atoms with Crippen LogP contribution in [0.1, 0.15) is 32.4 Å². The minimum Gasteiger partial charge on any atom is -0.389 e. The van der Waals surface area contributed by atoms with Crippen LogP contribution in [0.4, 0.5) is 5.69 Å². The number of benzene rings is 1. The van der Waals surface area contributed by atoms with Gasteiger partial charge in [-0.3, -0.25) is 4.79 Å². The van der Waals surface area contributed by atoms with E-state index in [4.69, 9.17) is 4.74 Å². The monoisotopic (exact) mass is 237 g/mol. The van der Waals surface area contributed by atoms with Crippen molar-refractivity contribution >= 4 is 11.6 Å². The molecule has 0 radical (unpaired) electrons. The molecule has 1 amide bonds. The summed E-state index contributed by atoms with van der Waals surface area (Å²) in [7, 11) is 1.49. The second-order valence-electron chi connectivity index (χ2n) is 4.47. The molecule has 0 aliphatic carbocycles. The van der Waals surface area contributed by atoms with Crippen LogP contribution >= 0.6 is 0 Å². The zero-order chi connectivity index (χ0) is 13.1. The highest BCUT2D eigenvalue weighted by molar-refractivity contribution is 5.96. The molecule has 0 aromatic heterocycles. The zero-order valence-electron chi connectivity index (χ0n) is 10.7. The molecule has 1 aromatic carbocycles. The summed E-state index contributed by atoms with van der Waals surface area (Å²) in [5.41, 5.74) is 0.539. The molecule has 2 N–H and O–H groups in total. The van der Waals surface area contributed by atoms with Gasteiger partial charge in [-0.1, -0.05) is 12.1 Å². The maximum absolute atomic E-state index is 11.8. The summed E-state index contributed by atoms with van der Waals surface area (Å²) in [6.07, 6.45) is -0.553. The highest BCUT2D eigenvalue weighted by atomic mass is 16.5. The Bertz CT molecular complexity index is 399. The standard InChI is InChI=1S/C13H19NO3/c1-9(15)10-6-5-7-11(8-10)14-12(16)13(2,3)17-4/h5-9,15H,1-4H3,(H,14,16). The molecule has 0 aliphatic heterocycles. The third-order valence-corrected chi connectivity index (χ3v) is 2.68. The third-order valence-electron chi connectivity index (χ3n) is 2.68. The first-order valence-corrected chi connectivity index (χ1v) is 5.51. The Kier molecular flexibility index (Phi) is 4.26. The van der Waals surface area contributed by atoms with Crippen LogP contribution in [-0.4, -0.2) is 23.7 Å². The maximum atomic E-state index is 11.8. The second-order valence-corrected chi connectivity index (χ2v) is 4.47. The van der Waals surface area contributed by atoms with Crippen LogP contribution in [0.2, 0.25) is 0 Å². The van der Waals surface area contributed by atoms with Gasteiger partial charge in [-0.25, -0.2) is 0 Å². The number of amides is 1. The van der Waals surface area contributed by atoms with E-state index in [-0.39, 0.29) is 5.91 Å². The van der Waals surface area contributed by atoms with Gasteiger partial charge in [-0.05, 0) is 38.5 Å². The number of carbonyl (C=O) groups excluding carboxylic acids is 1. The van der Waals surface area contributed by atoms with Gasteiger partial charge in [0.25, 0.3) is 5.91 Å². The summed E-state index contributed by atoms with van der Waals surface area (Å²) in [5, 5.41) is 12.2. The van der Waals surface area contributed by atoms with Crippen LogP contribution in [0.3, 0.4) is 0 Å². The number of carbonyl (C=O) groups is 1. The summed E-state index contributed by atoms with van der Waals surface area (Å²) in [4.78, 5) is 11.8. The average Bonchev–Trinajstić information content (AvgIpc) is 2.29. The van der Waals surface area contributed by atoms with Crippen molar-refractivity contribution < 1.29 is 14.6 Å². The predicted octanol–water partition coefficient (Wildman–Crippen LogP) is 2.10. The predicted molar refractivity (Wildman–Crippen MR) is 66.8 cm³/mol. The van der Waals surface area contributed by atoms with Crippen LogP contribution in [-0.2, 0) is 9.53 Å². The topological polar surface area (TPSA) is 58.6 Å². The molecule has 0 bridgehead atoms. The fourth-order valence-corrected chi connectivity index (χ4v) is 1.25. The summed E-state index contributed by atoms with van der Waals surface area (Å²) in [6.45, 7) is 5.07. The van der Waals surface area contributed by atoms with Gasteiger partial charge in [0.05, 0.1) is 6.10 Å². The first-order valence-electron chi connectivity index (χ1n) is 5.51. The van der Waals surface area contributed by atoms with E-state index in [9.17, 15) is 9.90 Å². The van der Waals surface area contributed by atoms with Crippen LogP contribution < -0.4 is 5.32 Å². The minimum atomic E-state index is -0.874. The van der Waals surface area contributed by atoms with E-state index >= 15 is 0 Å². The largest absolute Gasteiger partial charge is 0.389 e. The Hall–Kier alpha value is -1.39. The lowest BCUT2D eigenvalue weighted by Crippen LogP contribution is -2.38. The molecular formula is C13H19NO3. The molecule has 17 heavy (non-hydrogen) atoms. The molecule has 4 heteroatoms. The van der Waals surface area contributed by atoms with Crippen molar-refractivity contribution in [3.8, 4) is 0 Å². The molecule has 94 valence electrons. The molecular weight excluding hydrogens is 218 g/mol. The Labute approximate surface area is 102 Å². The van der Waals surface area contributed by atoms with Crippen molar-refractivity contribution in [2.45, 2.75) is 32.5 Å². The van der Waals surface area contributed by atoms with Crippen molar-refractivity contribution in [1.29, 1.82) is 0 Å². The van der Waals surface area contributed by atoms with Gasteiger partial charge in [0, 0.05) is 12.8 Å². The summed E-state index contributed by atoms with van der Waals surface area (Å²) in [6, 6.07) is 7.11. The zero-order valence-corrected chi connectivity index (χ0v) is 10.7. The van der Waals surface area contributed by atoms with Crippen LogP contribution in [0.15, 0.2) is 24.3 Å². The van der Waals surface area contributed by atoms with Gasteiger partial charge in [0.2, 0.25) is 0 Å². The molecule has 1 atom stereocenters. The quantitative estimate of drug-likeness (QED) is 0.843. The Morgan fingerprint density at radius 1 is 1.47 bits per heavy atom. The van der Waals surface area contributed by atoms with E-state index in [1.165, 1.54) is 7.11 Å². The number of aliphatic hydroxyl groups is 1. The highest BCUT2D eigenvalue weighted by Crippen LogP contribution is 2.18. The van der Waals surface area contributed by atoms with Gasteiger partial charge >= 0.3 is 0 Å². The molecule has 0 aliphatic rings. The van der Waals surface area contributed by atoms with Gasteiger partial charge in [-0.15, -0.1) is 0 Å². The Morgan fingerprint density at radius 2 is 2.12 bits per heavy atom. The lowest BCUT2D eigenvalue weighted by molar-refractivity contribution is -0.133. The fourth-order valence-electron chi connectivity index (χ4n) is 1.25. The first-order chi connectivity index (χ1) is 7.86. The number of ether oxygens (including phenoxy) is 1. The normalized spacial score (nSPS) is 13.2. The van der Waals surface area contributed by atoms with E-state index in [1.807, 2.05) is 6.07 Å². The van der Waals surface area contributed by atoms with E-state index in [0.717, 1.165) is 5.56 Å². The summed E-state index contributed by atoms with van der Waals surface area (Å²) in [5.74, 6) is -0.220. The Balaban J connectivity index is 2.82. The molecule has 0 saturated carbocycles. The highest BCUT2D eigenvalue weighted by Gasteiger charge is 2.26. The van der Waals surface area contributed by atoms with Crippen molar-refractivity contribution in [2.24, 2.45) is 0 Å². The third kappa shape index (κ3) is 3.54. The number of anilines is 1. The lowest BCUT2D eigenvalue weighted by Gasteiger charge is -2.22. The minimum absolute atomic E-state index is 0.220. The summed E-state index contributed by atoms with van der Waals surface area (Å²) >= 11 is 0. The molecule has 0 spiro atoms. The van der Waals surface area contributed by atoms with Crippen LogP contribution in [0.25, 0.3) is 0 Å². The Morgan fingerprint density at radius 3 is 2.65 bits per heavy atom. The second kappa shape index (κ2) is 5.29. The van der Waals surface area contributed by atoms with Crippen molar-refractivity contribution in [2.75, 3.05) is 12.4 Å². The van der Waals surface area contributed by atoms with Crippen LogP contribution in [0, 0.1) is 0 Å². The van der Waals surface area contributed by atoms with E-state index < -0.39 is 11.7 Å². The van der Waals surface area contributed by atoms with Gasteiger partial charge < -0.3 is 15.2 Å². The summed E-state index contributed by atoms with van der Waals surface area (Å²) < 4.78 is 5.09. The van der Waals surface area contributed by atoms with Crippen LogP contribution in [0.5, 0.6) is 0 Å². The maximum Gasteiger partial charge on any atom is 0.256 e. The van der Waals surface area contributed by atoms with E-state index in [2.05, 4.69) is 5.32 Å². The van der Waals surface area contributed by atoms with Crippen molar-refractivity contribution in [3.63, 3.8) is 0 Å². The van der Waals surface area contributed by atoms with Gasteiger partial charge in [0.1, 0.15) is 5.60 Å². The number of nitrogens with one attached hydrogen (secondary N) is 1. The molecule has 1 aromatic rings. The molecule has 4 nitrogen and oxygen atoms in total. The number of hydrogen-bond donors (Lipinski definition) is 2. The lowest BCUT2D eigenvalue weighted by atomic mass is 10.1. The number of rotatable bonds is 4. The molecule has 0 fully saturated rings. The van der Waals surface area contributed by atoms with E-state index in [0.29, 0.717) is 5.69 Å². The van der Waals surface area contributed by atoms with Crippen molar-refractivity contribution in [3.05, 3.63) is 29.8 Å². The molecule has 1 unspecified atom stereocenters. The smallest absolute Gasteiger partial charge is 0.256 e. The molecule has 0 heterocycles. The van der Waals surface area contributed by atoms with E-state index in [1.54, 1.807) is 39.0 Å². The van der Waals surface area contributed by atoms with Gasteiger partial charge in [0.15, 0.2) is 0 Å². The molecule has 1 rings (SSSR count).